The van der Waals surface area contributed by atoms with Gasteiger partial charge in [-0.1, -0.05) is 79.1 Å². The molecule has 28 heavy (non-hydrogen) atoms. The summed E-state index contributed by atoms with van der Waals surface area (Å²) in [7, 11) is 0. The summed E-state index contributed by atoms with van der Waals surface area (Å²) < 4.78 is 11.2. The summed E-state index contributed by atoms with van der Waals surface area (Å²) in [5, 5.41) is 0. The van der Waals surface area contributed by atoms with Crippen LogP contribution >= 0.6 is 0 Å². The molecule has 0 spiro atoms. The highest BCUT2D eigenvalue weighted by atomic mass is 16.5. The van der Waals surface area contributed by atoms with E-state index in [4.69, 9.17) is 9.47 Å². The smallest absolute Gasteiger partial charge is 0.309 e. The molecule has 1 aliphatic carbocycles. The SMILES string of the molecule is CCCCCC(C)COC(=O)C1CCCCC1C(=O)OCC(C)CCCCC. The summed E-state index contributed by atoms with van der Waals surface area (Å²) in [5.74, 6) is -0.263. The molecule has 4 unspecified atom stereocenters. The fourth-order valence-electron chi connectivity index (χ4n) is 4.01. The second-order valence-electron chi connectivity index (χ2n) is 8.96. The van der Waals surface area contributed by atoms with Crippen molar-refractivity contribution in [1.82, 2.24) is 0 Å². The van der Waals surface area contributed by atoms with Crippen LogP contribution in [0.3, 0.4) is 0 Å². The number of ether oxygens (including phenoxy) is 2. The Morgan fingerprint density at radius 1 is 0.750 bits per heavy atom. The molecule has 0 radical (unpaired) electrons. The van der Waals surface area contributed by atoms with Gasteiger partial charge in [0.15, 0.2) is 0 Å². The summed E-state index contributed by atoms with van der Waals surface area (Å²) in [6.45, 7) is 9.59. The maximum atomic E-state index is 12.6. The number of carbonyl (C=O) groups excluding carboxylic acids is 2. The van der Waals surface area contributed by atoms with Gasteiger partial charge < -0.3 is 9.47 Å². The molecule has 0 aromatic carbocycles. The molecule has 0 saturated heterocycles. The van der Waals surface area contributed by atoms with Crippen molar-refractivity contribution in [1.29, 1.82) is 0 Å². The predicted octanol–water partition coefficient (Wildman–Crippen LogP) is 6.31. The number of hydrogen-bond acceptors (Lipinski definition) is 4. The van der Waals surface area contributed by atoms with Gasteiger partial charge in [-0.25, -0.2) is 0 Å². The second kappa shape index (κ2) is 14.9. The molecule has 0 N–H and O–H groups in total. The monoisotopic (exact) mass is 396 g/mol. The first-order valence-corrected chi connectivity index (χ1v) is 11.8. The van der Waals surface area contributed by atoms with Gasteiger partial charge >= 0.3 is 11.9 Å². The van der Waals surface area contributed by atoms with E-state index in [1.807, 2.05) is 0 Å². The molecule has 1 saturated carbocycles. The topological polar surface area (TPSA) is 52.6 Å². The van der Waals surface area contributed by atoms with E-state index in [-0.39, 0.29) is 23.8 Å². The van der Waals surface area contributed by atoms with Crippen LogP contribution in [0, 0.1) is 23.7 Å². The van der Waals surface area contributed by atoms with E-state index in [1.54, 1.807) is 0 Å². The molecule has 1 aliphatic rings. The first-order chi connectivity index (χ1) is 13.5. The van der Waals surface area contributed by atoms with Crippen molar-refractivity contribution in [3.8, 4) is 0 Å². The molecule has 4 nitrogen and oxygen atoms in total. The van der Waals surface area contributed by atoms with Crippen LogP contribution in [0.2, 0.25) is 0 Å². The summed E-state index contributed by atoms with van der Waals surface area (Å²) >= 11 is 0. The van der Waals surface area contributed by atoms with Crippen molar-refractivity contribution in [3.05, 3.63) is 0 Å². The van der Waals surface area contributed by atoms with E-state index in [0.29, 0.717) is 25.0 Å². The fourth-order valence-corrected chi connectivity index (χ4v) is 4.01. The first kappa shape index (κ1) is 25.0. The van der Waals surface area contributed by atoms with Crippen molar-refractivity contribution < 1.29 is 19.1 Å². The molecule has 0 amide bonds. The Morgan fingerprint density at radius 2 is 1.14 bits per heavy atom. The summed E-state index contributed by atoms with van der Waals surface area (Å²) in [6, 6.07) is 0. The van der Waals surface area contributed by atoms with Crippen molar-refractivity contribution in [2.24, 2.45) is 23.7 Å². The van der Waals surface area contributed by atoms with Crippen LogP contribution in [0.15, 0.2) is 0 Å². The molecule has 0 heterocycles. The van der Waals surface area contributed by atoms with Crippen molar-refractivity contribution in [2.45, 2.75) is 105 Å². The molecule has 0 aliphatic heterocycles. The average molecular weight is 397 g/mol. The van der Waals surface area contributed by atoms with E-state index in [0.717, 1.165) is 38.5 Å². The lowest BCUT2D eigenvalue weighted by Gasteiger charge is -2.29. The zero-order valence-electron chi connectivity index (χ0n) is 18.8. The Balaban J connectivity index is 2.42. The highest BCUT2D eigenvalue weighted by Crippen LogP contribution is 2.32. The minimum atomic E-state index is -0.320. The van der Waals surface area contributed by atoms with Crippen molar-refractivity contribution >= 4 is 11.9 Å². The maximum Gasteiger partial charge on any atom is 0.309 e. The third-order valence-corrected chi connectivity index (χ3v) is 5.99. The minimum absolute atomic E-state index is 0.194. The molecule has 0 aromatic heterocycles. The quantitative estimate of drug-likeness (QED) is 0.255. The van der Waals surface area contributed by atoms with Crippen LogP contribution in [0.5, 0.6) is 0 Å². The molecule has 1 rings (SSSR count). The highest BCUT2D eigenvalue weighted by Gasteiger charge is 2.38. The summed E-state index contributed by atoms with van der Waals surface area (Å²) in [6.07, 6.45) is 12.9. The molecule has 0 bridgehead atoms. The Morgan fingerprint density at radius 3 is 1.50 bits per heavy atom. The van der Waals surface area contributed by atoms with Crippen LogP contribution in [-0.4, -0.2) is 25.2 Å². The number of esters is 2. The predicted molar refractivity (Wildman–Crippen MR) is 114 cm³/mol. The van der Waals surface area contributed by atoms with Gasteiger partial charge in [0.25, 0.3) is 0 Å². The third kappa shape index (κ3) is 9.93. The van der Waals surface area contributed by atoms with E-state index < -0.39 is 0 Å². The van der Waals surface area contributed by atoms with E-state index in [1.165, 1.54) is 38.5 Å². The average Bonchev–Trinajstić information content (AvgIpc) is 2.70. The van der Waals surface area contributed by atoms with E-state index in [9.17, 15) is 9.59 Å². The van der Waals surface area contributed by atoms with Gasteiger partial charge in [-0.15, -0.1) is 0 Å². The van der Waals surface area contributed by atoms with Crippen LogP contribution < -0.4 is 0 Å². The van der Waals surface area contributed by atoms with Gasteiger partial charge in [0.1, 0.15) is 0 Å². The number of unbranched alkanes of at least 4 members (excludes halogenated alkanes) is 4. The highest BCUT2D eigenvalue weighted by molar-refractivity contribution is 5.82. The second-order valence-corrected chi connectivity index (χ2v) is 8.96. The standard InChI is InChI=1S/C24H44O4/c1-5-7-9-13-19(3)17-27-23(25)21-15-11-12-16-22(21)24(26)28-18-20(4)14-10-8-6-2/h19-22H,5-18H2,1-4H3. The van der Waals surface area contributed by atoms with E-state index >= 15 is 0 Å². The largest absolute Gasteiger partial charge is 0.465 e. The third-order valence-electron chi connectivity index (χ3n) is 5.99. The molecule has 1 fully saturated rings. The number of rotatable bonds is 14. The van der Waals surface area contributed by atoms with E-state index in [2.05, 4.69) is 27.7 Å². The van der Waals surface area contributed by atoms with Gasteiger partial charge in [-0.2, -0.15) is 0 Å². The van der Waals surface area contributed by atoms with Crippen molar-refractivity contribution in [3.63, 3.8) is 0 Å². The van der Waals surface area contributed by atoms with Crippen LogP contribution in [-0.2, 0) is 19.1 Å². The van der Waals surface area contributed by atoms with Gasteiger partial charge in [-0.05, 0) is 37.5 Å². The Labute approximate surface area is 173 Å². The molecule has 0 aromatic rings. The Bertz CT molecular complexity index is 394. The lowest BCUT2D eigenvalue weighted by Crippen LogP contribution is -2.36. The molecule has 4 atom stereocenters. The zero-order valence-corrected chi connectivity index (χ0v) is 18.8. The molecule has 164 valence electrons. The van der Waals surface area contributed by atoms with Gasteiger partial charge in [0.05, 0.1) is 25.0 Å². The zero-order chi connectivity index (χ0) is 20.8. The first-order valence-electron chi connectivity index (χ1n) is 11.8. The fraction of sp³-hybridized carbons (Fsp3) is 0.917. The number of hydrogen-bond donors (Lipinski definition) is 0. The lowest BCUT2D eigenvalue weighted by molar-refractivity contribution is -0.164. The molecular weight excluding hydrogens is 352 g/mol. The van der Waals surface area contributed by atoms with Crippen LogP contribution in [0.25, 0.3) is 0 Å². The van der Waals surface area contributed by atoms with Crippen LogP contribution in [0.4, 0.5) is 0 Å². The summed E-state index contributed by atoms with van der Waals surface area (Å²) in [4.78, 5) is 25.3. The van der Waals surface area contributed by atoms with Gasteiger partial charge in [-0.3, -0.25) is 9.59 Å². The van der Waals surface area contributed by atoms with Crippen molar-refractivity contribution in [2.75, 3.05) is 13.2 Å². The Hall–Kier alpha value is -1.06. The lowest BCUT2D eigenvalue weighted by atomic mass is 9.79. The number of carbonyl (C=O) groups is 2. The normalized spacial score (nSPS) is 21.7. The maximum absolute atomic E-state index is 12.6. The van der Waals surface area contributed by atoms with Gasteiger partial charge in [0.2, 0.25) is 0 Å². The molecular formula is C24H44O4. The van der Waals surface area contributed by atoms with Gasteiger partial charge in [0, 0.05) is 0 Å². The Kier molecular flexibility index (Phi) is 13.3. The minimum Gasteiger partial charge on any atom is -0.465 e. The molecule has 4 heteroatoms. The van der Waals surface area contributed by atoms with Crippen LogP contribution in [0.1, 0.15) is 105 Å². The summed E-state index contributed by atoms with van der Waals surface area (Å²) in [5.41, 5.74) is 0.